The molecule has 2 aromatic rings. The number of carbonyl (C=O) groups excluding carboxylic acids is 1. The van der Waals surface area contributed by atoms with Crippen LogP contribution < -0.4 is 15.0 Å². The van der Waals surface area contributed by atoms with Crippen LogP contribution in [-0.4, -0.2) is 26.6 Å². The second kappa shape index (κ2) is 6.77. The van der Waals surface area contributed by atoms with Crippen LogP contribution in [0.2, 0.25) is 0 Å². The third-order valence-electron chi connectivity index (χ3n) is 2.90. The molecule has 1 heterocycles. The first-order valence-electron chi connectivity index (χ1n) is 6.45. The number of carbonyl (C=O) groups is 1. The van der Waals surface area contributed by atoms with Gasteiger partial charge in [-0.3, -0.25) is 4.79 Å². The molecule has 0 bridgehead atoms. The summed E-state index contributed by atoms with van der Waals surface area (Å²) in [5.41, 5.74) is 0.686. The highest BCUT2D eigenvalue weighted by atomic mass is 16.5. The number of hydrogen-bond donors (Lipinski definition) is 2. The van der Waals surface area contributed by atoms with E-state index in [1.807, 2.05) is 43.4 Å². The van der Waals surface area contributed by atoms with Gasteiger partial charge >= 0.3 is 0 Å². The summed E-state index contributed by atoms with van der Waals surface area (Å²) in [5.74, 6) is 1.47. The largest absolute Gasteiger partial charge is 0.495 e. The van der Waals surface area contributed by atoms with Crippen LogP contribution in [0.4, 0.5) is 5.69 Å². The lowest BCUT2D eigenvalue weighted by molar-refractivity contribution is -0.886. The van der Waals surface area contributed by atoms with Crippen molar-refractivity contribution in [3.8, 4) is 5.75 Å². The third kappa shape index (κ3) is 3.86. The highest BCUT2D eigenvalue weighted by Gasteiger charge is 2.13. The van der Waals surface area contributed by atoms with Gasteiger partial charge in [0.05, 0.1) is 26.1 Å². The average molecular weight is 275 g/mol. The first kappa shape index (κ1) is 14.1. The molecule has 5 nitrogen and oxygen atoms in total. The van der Waals surface area contributed by atoms with E-state index in [2.05, 4.69) is 5.32 Å². The molecule has 0 saturated carbocycles. The van der Waals surface area contributed by atoms with Crippen LogP contribution >= 0.6 is 0 Å². The summed E-state index contributed by atoms with van der Waals surface area (Å²) in [6.45, 7) is 1.03. The molecule has 0 aliphatic rings. The van der Waals surface area contributed by atoms with Gasteiger partial charge in [-0.1, -0.05) is 12.1 Å². The molecule has 0 aliphatic heterocycles. The van der Waals surface area contributed by atoms with Gasteiger partial charge in [-0.25, -0.2) is 0 Å². The Morgan fingerprint density at radius 1 is 1.30 bits per heavy atom. The zero-order chi connectivity index (χ0) is 14.4. The molecule has 1 aromatic heterocycles. The van der Waals surface area contributed by atoms with Crippen LogP contribution in [0.5, 0.6) is 5.75 Å². The molecule has 5 heteroatoms. The second-order valence-corrected chi connectivity index (χ2v) is 4.64. The highest BCUT2D eigenvalue weighted by Crippen LogP contribution is 2.22. The summed E-state index contributed by atoms with van der Waals surface area (Å²) in [6, 6.07) is 11.1. The van der Waals surface area contributed by atoms with E-state index in [9.17, 15) is 4.79 Å². The molecule has 20 heavy (non-hydrogen) atoms. The Balaban J connectivity index is 1.88. The van der Waals surface area contributed by atoms with E-state index in [4.69, 9.17) is 9.15 Å². The molecule has 0 saturated heterocycles. The molecule has 1 amide bonds. The highest BCUT2D eigenvalue weighted by molar-refractivity contribution is 5.92. The molecule has 0 aliphatic carbocycles. The van der Waals surface area contributed by atoms with Gasteiger partial charge in [-0.05, 0) is 24.3 Å². The maximum Gasteiger partial charge on any atom is 0.279 e. The number of furan rings is 1. The maximum atomic E-state index is 12.0. The maximum absolute atomic E-state index is 12.0. The van der Waals surface area contributed by atoms with Crippen molar-refractivity contribution in [3.63, 3.8) is 0 Å². The van der Waals surface area contributed by atoms with Gasteiger partial charge in [-0.2, -0.15) is 0 Å². The third-order valence-corrected chi connectivity index (χ3v) is 2.90. The summed E-state index contributed by atoms with van der Waals surface area (Å²) >= 11 is 0. The number of nitrogens with one attached hydrogen (secondary N) is 2. The van der Waals surface area contributed by atoms with Crippen LogP contribution in [0.1, 0.15) is 5.76 Å². The molecule has 0 spiro atoms. The predicted octanol–water partition coefficient (Wildman–Crippen LogP) is 0.942. The summed E-state index contributed by atoms with van der Waals surface area (Å²) in [5, 5.41) is 2.86. The normalized spacial score (nSPS) is 11.9. The minimum Gasteiger partial charge on any atom is -0.495 e. The van der Waals surface area contributed by atoms with E-state index >= 15 is 0 Å². The summed E-state index contributed by atoms with van der Waals surface area (Å²) < 4.78 is 10.5. The SMILES string of the molecule is COc1ccccc1NC(=O)C[NH+](C)Cc1ccco1. The van der Waals surface area contributed by atoms with Crippen LogP contribution in [0, 0.1) is 0 Å². The molecule has 1 aromatic carbocycles. The zero-order valence-corrected chi connectivity index (χ0v) is 11.7. The molecule has 0 radical (unpaired) electrons. The predicted molar refractivity (Wildman–Crippen MR) is 75.8 cm³/mol. The smallest absolute Gasteiger partial charge is 0.279 e. The van der Waals surface area contributed by atoms with E-state index in [0.717, 1.165) is 10.7 Å². The van der Waals surface area contributed by atoms with Gasteiger partial charge in [0, 0.05) is 0 Å². The van der Waals surface area contributed by atoms with E-state index in [-0.39, 0.29) is 5.91 Å². The minimum absolute atomic E-state index is 0.0569. The van der Waals surface area contributed by atoms with Gasteiger partial charge in [0.25, 0.3) is 5.91 Å². The van der Waals surface area contributed by atoms with E-state index < -0.39 is 0 Å². The van der Waals surface area contributed by atoms with Crippen LogP contribution in [0.15, 0.2) is 47.1 Å². The Morgan fingerprint density at radius 2 is 2.10 bits per heavy atom. The quantitative estimate of drug-likeness (QED) is 0.825. The minimum atomic E-state index is -0.0569. The van der Waals surface area contributed by atoms with E-state index in [1.165, 1.54) is 0 Å². The Labute approximate surface area is 118 Å². The summed E-state index contributed by atoms with van der Waals surface area (Å²) in [7, 11) is 3.53. The Hall–Kier alpha value is -2.27. The standard InChI is InChI=1S/C15H18N2O3/c1-17(10-12-6-5-9-20-12)11-15(18)16-13-7-3-4-8-14(13)19-2/h3-9H,10-11H2,1-2H3,(H,16,18)/p+1. The van der Waals surface area contributed by atoms with Crippen LogP contribution in [0.25, 0.3) is 0 Å². The Kier molecular flexibility index (Phi) is 4.79. The van der Waals surface area contributed by atoms with Crippen molar-refractivity contribution in [2.75, 3.05) is 26.0 Å². The van der Waals surface area contributed by atoms with Crippen molar-refractivity contribution in [1.29, 1.82) is 0 Å². The first-order valence-corrected chi connectivity index (χ1v) is 6.45. The van der Waals surface area contributed by atoms with Crippen molar-refractivity contribution in [1.82, 2.24) is 0 Å². The molecule has 0 fully saturated rings. The van der Waals surface area contributed by atoms with Gasteiger partial charge in [-0.15, -0.1) is 0 Å². The number of anilines is 1. The van der Waals surface area contributed by atoms with Crippen molar-refractivity contribution in [3.05, 3.63) is 48.4 Å². The number of rotatable bonds is 6. The number of amides is 1. The number of likely N-dealkylation sites (N-methyl/N-ethyl adjacent to an activating group) is 1. The molecule has 1 atom stereocenters. The monoisotopic (exact) mass is 275 g/mol. The van der Waals surface area contributed by atoms with E-state index in [1.54, 1.807) is 13.4 Å². The van der Waals surface area contributed by atoms with Crippen LogP contribution in [-0.2, 0) is 11.3 Å². The molecular weight excluding hydrogens is 256 g/mol. The summed E-state index contributed by atoms with van der Waals surface area (Å²) in [4.78, 5) is 13.0. The van der Waals surface area contributed by atoms with Crippen molar-refractivity contribution >= 4 is 11.6 Å². The molecule has 2 rings (SSSR count). The van der Waals surface area contributed by atoms with Crippen LogP contribution in [0.3, 0.4) is 0 Å². The average Bonchev–Trinajstić information content (AvgIpc) is 2.91. The number of ether oxygens (including phenoxy) is 1. The lowest BCUT2D eigenvalue weighted by Gasteiger charge is -2.13. The molecule has 1 unspecified atom stereocenters. The molecule has 2 N–H and O–H groups in total. The topological polar surface area (TPSA) is 55.9 Å². The van der Waals surface area contributed by atoms with Crippen molar-refractivity contribution in [2.24, 2.45) is 0 Å². The second-order valence-electron chi connectivity index (χ2n) is 4.64. The van der Waals surface area contributed by atoms with Gasteiger partial charge in [0.2, 0.25) is 0 Å². The number of benzene rings is 1. The first-order chi connectivity index (χ1) is 9.69. The fraction of sp³-hybridized carbons (Fsp3) is 0.267. The fourth-order valence-corrected chi connectivity index (χ4v) is 1.99. The molecule has 106 valence electrons. The number of quaternary nitrogens is 1. The Bertz CT molecular complexity index is 552. The Morgan fingerprint density at radius 3 is 2.80 bits per heavy atom. The van der Waals surface area contributed by atoms with Crippen molar-refractivity contribution in [2.45, 2.75) is 6.54 Å². The number of hydrogen-bond acceptors (Lipinski definition) is 3. The molecular formula is C15H19N2O3+. The summed E-state index contributed by atoms with van der Waals surface area (Å²) in [6.07, 6.45) is 1.64. The lowest BCUT2D eigenvalue weighted by Crippen LogP contribution is -3.08. The van der Waals surface area contributed by atoms with Gasteiger partial charge in [0.15, 0.2) is 12.3 Å². The van der Waals surface area contributed by atoms with Gasteiger partial charge < -0.3 is 19.4 Å². The zero-order valence-electron chi connectivity index (χ0n) is 11.7. The number of methoxy groups -OCH3 is 1. The fourth-order valence-electron chi connectivity index (χ4n) is 1.99. The number of para-hydroxylation sites is 2. The van der Waals surface area contributed by atoms with E-state index in [0.29, 0.717) is 24.5 Å². The van der Waals surface area contributed by atoms with Crippen molar-refractivity contribution < 1.29 is 18.8 Å². The lowest BCUT2D eigenvalue weighted by atomic mass is 10.3. The van der Waals surface area contributed by atoms with Gasteiger partial charge in [0.1, 0.15) is 12.3 Å².